The van der Waals surface area contributed by atoms with Crippen molar-refractivity contribution in [1.29, 1.82) is 0 Å². The van der Waals surface area contributed by atoms with Crippen LogP contribution >= 0.6 is 22.6 Å². The first-order valence-electron chi connectivity index (χ1n) is 16.5. The Morgan fingerprint density at radius 3 is 2.27 bits per heavy atom. The molecular weight excluding hydrogens is 719 g/mol. The number of rotatable bonds is 13. The number of aromatic nitrogens is 4. The number of piperidine rings is 1. The van der Waals surface area contributed by atoms with E-state index in [2.05, 4.69) is 88.7 Å². The van der Waals surface area contributed by atoms with Crippen molar-refractivity contribution in [1.82, 2.24) is 19.7 Å². The van der Waals surface area contributed by atoms with E-state index in [1.807, 2.05) is 11.6 Å². The molecule has 2 N–H and O–H groups in total. The number of nitrogens with two attached hydrogens (primary N) is 1. The molecule has 0 bridgehead atoms. The number of carbonyl (C=O) groups excluding carboxylic acids is 1. The highest BCUT2D eigenvalue weighted by Gasteiger charge is 2.52. The number of amides is 1. The minimum Gasteiger partial charge on any atom is -0.443 e. The topological polar surface area (TPSA) is 127 Å². The zero-order valence-corrected chi connectivity index (χ0v) is 33.1. The fourth-order valence-corrected chi connectivity index (χ4v) is 14.3. The summed E-state index contributed by atoms with van der Waals surface area (Å²) < 4.78 is 27.4. The standard InChI is InChI=1S/C31H55IN6O5Si2/c1-20(2)45(21(3)4,22(5)6)42-17-24-28(37-13-11-31(12-14-37)18-41-23(7)26(31)43-30(33)39)35-29-25(34-24)27(32)36-38(29)19-40-15-16-44(8,9)10/h20-23,26H,11-19H2,1-10H3,(H2,33,39)/t23-,26+/m0/s1. The number of halogens is 1. The Hall–Kier alpha value is -1.34. The van der Waals surface area contributed by atoms with Gasteiger partial charge in [-0.05, 0) is 65.0 Å². The molecule has 4 heterocycles. The number of carbonyl (C=O) groups is 1. The third-order valence-corrected chi connectivity index (χ3v) is 18.4. The molecule has 2 fully saturated rings. The van der Waals surface area contributed by atoms with Crippen molar-refractivity contribution in [3.8, 4) is 0 Å². The minimum atomic E-state index is -2.16. The summed E-state index contributed by atoms with van der Waals surface area (Å²) in [6.45, 7) is 26.3. The van der Waals surface area contributed by atoms with Crippen LogP contribution in [0.15, 0.2) is 0 Å². The van der Waals surface area contributed by atoms with Crippen LogP contribution in [-0.2, 0) is 32.0 Å². The van der Waals surface area contributed by atoms with Gasteiger partial charge in [0.25, 0.3) is 0 Å². The van der Waals surface area contributed by atoms with Gasteiger partial charge in [-0.1, -0.05) is 61.2 Å². The van der Waals surface area contributed by atoms with Crippen LogP contribution < -0.4 is 10.6 Å². The molecule has 0 aliphatic carbocycles. The fourth-order valence-electron chi connectivity index (χ4n) is 7.54. The molecule has 0 unspecified atom stereocenters. The van der Waals surface area contributed by atoms with E-state index in [1.165, 1.54) is 0 Å². The highest BCUT2D eigenvalue weighted by atomic mass is 127. The van der Waals surface area contributed by atoms with E-state index in [-0.39, 0.29) is 17.6 Å². The average molecular weight is 775 g/mol. The Kier molecular flexibility index (Phi) is 11.7. The lowest BCUT2D eigenvalue weighted by atomic mass is 9.74. The summed E-state index contributed by atoms with van der Waals surface area (Å²) in [7, 11) is -3.37. The first kappa shape index (κ1) is 36.5. The van der Waals surface area contributed by atoms with Gasteiger partial charge in [-0.15, -0.1) is 0 Å². The van der Waals surface area contributed by atoms with Crippen molar-refractivity contribution >= 4 is 62.1 Å². The lowest BCUT2D eigenvalue weighted by Gasteiger charge is -2.43. The number of ether oxygens (including phenoxy) is 3. The maximum Gasteiger partial charge on any atom is 0.404 e. The van der Waals surface area contributed by atoms with Gasteiger partial charge in [0, 0.05) is 33.2 Å². The molecule has 2 aliphatic rings. The molecule has 2 atom stereocenters. The number of hydrogen-bond acceptors (Lipinski definition) is 9. The first-order valence-corrected chi connectivity index (χ1v) is 23.4. The minimum absolute atomic E-state index is 0.192. The second kappa shape index (κ2) is 14.4. The van der Waals surface area contributed by atoms with Crippen LogP contribution in [-0.4, -0.2) is 80.7 Å². The van der Waals surface area contributed by atoms with E-state index < -0.39 is 22.5 Å². The van der Waals surface area contributed by atoms with Crippen LogP contribution in [0.3, 0.4) is 0 Å². The molecule has 2 saturated heterocycles. The molecule has 14 heteroatoms. The van der Waals surface area contributed by atoms with Crippen molar-refractivity contribution in [2.75, 3.05) is 31.2 Å². The van der Waals surface area contributed by atoms with E-state index in [0.717, 1.165) is 58.4 Å². The van der Waals surface area contributed by atoms with Crippen LogP contribution in [0.5, 0.6) is 0 Å². The first-order chi connectivity index (χ1) is 21.0. The van der Waals surface area contributed by atoms with Crippen molar-refractivity contribution in [3.05, 3.63) is 9.39 Å². The monoisotopic (exact) mass is 774 g/mol. The number of nitrogens with zero attached hydrogens (tertiary/aromatic N) is 5. The molecule has 2 aromatic rings. The van der Waals surface area contributed by atoms with Gasteiger partial charge < -0.3 is 29.3 Å². The normalized spacial score (nSPS) is 20.8. The summed E-state index contributed by atoms with van der Waals surface area (Å²) in [4.78, 5) is 24.5. The third kappa shape index (κ3) is 7.87. The predicted molar refractivity (Wildman–Crippen MR) is 192 cm³/mol. The number of fused-ring (bicyclic) bond motifs is 1. The van der Waals surface area contributed by atoms with Crippen molar-refractivity contribution in [3.63, 3.8) is 0 Å². The van der Waals surface area contributed by atoms with Gasteiger partial charge in [0.1, 0.15) is 24.0 Å². The Balaban J connectivity index is 1.68. The molecule has 4 rings (SSSR count). The van der Waals surface area contributed by atoms with E-state index in [1.54, 1.807) is 0 Å². The molecule has 0 aromatic carbocycles. The Bertz CT molecular complexity index is 1300. The summed E-state index contributed by atoms with van der Waals surface area (Å²) >= 11 is 2.25. The molecule has 11 nitrogen and oxygen atoms in total. The zero-order chi connectivity index (χ0) is 33.3. The Morgan fingerprint density at radius 1 is 1.09 bits per heavy atom. The quantitative estimate of drug-likeness (QED) is 0.131. The van der Waals surface area contributed by atoms with Gasteiger partial charge in [-0.3, -0.25) is 0 Å². The molecule has 45 heavy (non-hydrogen) atoms. The molecule has 2 aromatic heterocycles. The van der Waals surface area contributed by atoms with E-state index in [4.69, 9.17) is 39.4 Å². The van der Waals surface area contributed by atoms with Crippen LogP contribution in [0.1, 0.15) is 67.0 Å². The fraction of sp³-hybridized carbons (Fsp3) is 0.806. The third-order valence-electron chi connectivity index (χ3n) is 9.92. The highest BCUT2D eigenvalue weighted by Crippen LogP contribution is 2.46. The van der Waals surface area contributed by atoms with Crippen molar-refractivity contribution < 1.29 is 23.4 Å². The zero-order valence-electron chi connectivity index (χ0n) is 29.0. The van der Waals surface area contributed by atoms with Crippen molar-refractivity contribution in [2.45, 2.75) is 129 Å². The summed E-state index contributed by atoms with van der Waals surface area (Å²) in [5.74, 6) is 0.829. The van der Waals surface area contributed by atoms with Gasteiger partial charge in [-0.2, -0.15) is 5.10 Å². The number of anilines is 1. The van der Waals surface area contributed by atoms with Crippen LogP contribution in [0, 0.1) is 9.12 Å². The van der Waals surface area contributed by atoms with E-state index >= 15 is 0 Å². The van der Waals surface area contributed by atoms with Gasteiger partial charge >= 0.3 is 6.09 Å². The van der Waals surface area contributed by atoms with Gasteiger partial charge in [0.2, 0.25) is 8.32 Å². The van der Waals surface area contributed by atoms with E-state index in [9.17, 15) is 4.79 Å². The average Bonchev–Trinajstić information content (AvgIpc) is 3.41. The largest absolute Gasteiger partial charge is 0.443 e. The molecule has 0 saturated carbocycles. The maximum atomic E-state index is 11.7. The lowest BCUT2D eigenvalue weighted by molar-refractivity contribution is 0.00811. The predicted octanol–water partition coefficient (Wildman–Crippen LogP) is 6.90. The summed E-state index contributed by atoms with van der Waals surface area (Å²) in [6, 6.07) is 1.09. The maximum absolute atomic E-state index is 11.7. The summed E-state index contributed by atoms with van der Waals surface area (Å²) in [5, 5.41) is 4.79. The van der Waals surface area contributed by atoms with Crippen LogP contribution in [0.2, 0.25) is 42.3 Å². The Labute approximate surface area is 284 Å². The van der Waals surface area contributed by atoms with Gasteiger partial charge in [0.05, 0.1) is 19.3 Å². The smallest absolute Gasteiger partial charge is 0.404 e. The second-order valence-corrected chi connectivity index (χ2v) is 27.2. The molecule has 1 spiro atoms. The van der Waals surface area contributed by atoms with Gasteiger partial charge in [-0.25, -0.2) is 19.4 Å². The molecule has 254 valence electrons. The molecule has 0 radical (unpaired) electrons. The Morgan fingerprint density at radius 2 is 1.71 bits per heavy atom. The summed E-state index contributed by atoms with van der Waals surface area (Å²) in [6.07, 6.45) is 0.267. The van der Waals surface area contributed by atoms with Crippen LogP contribution in [0.4, 0.5) is 10.6 Å². The van der Waals surface area contributed by atoms with Crippen LogP contribution in [0.25, 0.3) is 11.2 Å². The number of primary amides is 1. The molecule has 1 amide bonds. The molecular formula is C31H55IN6O5Si2. The highest BCUT2D eigenvalue weighted by molar-refractivity contribution is 14.1. The summed E-state index contributed by atoms with van der Waals surface area (Å²) in [5.41, 5.74) is 8.89. The van der Waals surface area contributed by atoms with E-state index in [0.29, 0.717) is 43.2 Å². The number of hydrogen-bond donors (Lipinski definition) is 1. The van der Waals surface area contributed by atoms with Crippen molar-refractivity contribution in [2.24, 2.45) is 11.1 Å². The van der Waals surface area contributed by atoms with Gasteiger partial charge in [0.15, 0.2) is 15.2 Å². The molecule has 2 aliphatic heterocycles. The lowest BCUT2D eigenvalue weighted by Crippen LogP contribution is -2.49. The SMILES string of the molecule is CC(C)[Si](OCc1nc2c(I)nn(COCC[Si](C)(C)C)c2nc1N1CCC2(CC1)CO[C@@H](C)[C@H]2OC(N)=O)(C(C)C)C(C)C. The second-order valence-electron chi connectivity index (χ2n) is 15.1.